The smallest absolute Gasteiger partial charge is 0.317 e. The summed E-state index contributed by atoms with van der Waals surface area (Å²) in [6.07, 6.45) is 7.84. The molecule has 2 N–H and O–H groups in total. The minimum absolute atomic E-state index is 0.104. The zero-order valence-corrected chi connectivity index (χ0v) is 13.2. The Bertz CT molecular complexity index is 378. The first-order valence-corrected chi connectivity index (χ1v) is 8.25. The molecule has 5 heteroatoms. The summed E-state index contributed by atoms with van der Waals surface area (Å²) < 4.78 is 0. The lowest BCUT2D eigenvalue weighted by atomic mass is 9.84. The van der Waals surface area contributed by atoms with Crippen LogP contribution in [0.2, 0.25) is 0 Å². The molecule has 2 rings (SSSR count). The van der Waals surface area contributed by atoms with Crippen LogP contribution >= 0.6 is 0 Å². The molecule has 2 saturated carbocycles. The summed E-state index contributed by atoms with van der Waals surface area (Å²) in [5.74, 6) is -0.455. The van der Waals surface area contributed by atoms with E-state index in [9.17, 15) is 14.7 Å². The number of carboxylic acid groups (broad SMARTS) is 1. The van der Waals surface area contributed by atoms with Crippen molar-refractivity contribution in [3.05, 3.63) is 0 Å². The molecule has 0 aromatic carbocycles. The Balaban J connectivity index is 1.88. The summed E-state index contributed by atoms with van der Waals surface area (Å²) in [6, 6.07) is -0.0190. The van der Waals surface area contributed by atoms with Crippen molar-refractivity contribution in [2.75, 3.05) is 7.05 Å². The van der Waals surface area contributed by atoms with E-state index in [0.717, 1.165) is 38.0 Å². The third kappa shape index (κ3) is 4.11. The predicted molar refractivity (Wildman–Crippen MR) is 81.1 cm³/mol. The summed E-state index contributed by atoms with van der Waals surface area (Å²) in [6.45, 7) is 2.26. The Morgan fingerprint density at radius 2 is 1.67 bits per heavy atom. The minimum atomic E-state index is -0.783. The van der Waals surface area contributed by atoms with E-state index in [-0.39, 0.29) is 12.1 Å². The Hall–Kier alpha value is -1.26. The molecule has 21 heavy (non-hydrogen) atoms. The van der Waals surface area contributed by atoms with E-state index in [1.165, 1.54) is 12.8 Å². The summed E-state index contributed by atoms with van der Waals surface area (Å²) in [5, 5.41) is 12.2. The first-order valence-electron chi connectivity index (χ1n) is 8.25. The normalized spacial score (nSPS) is 33.2. The van der Waals surface area contributed by atoms with Crippen molar-refractivity contribution in [1.82, 2.24) is 10.2 Å². The Morgan fingerprint density at radius 1 is 1.05 bits per heavy atom. The van der Waals surface area contributed by atoms with Crippen molar-refractivity contribution in [2.45, 2.75) is 70.4 Å². The number of rotatable bonds is 3. The Labute approximate surface area is 127 Å². The summed E-state index contributed by atoms with van der Waals surface area (Å²) >= 11 is 0. The predicted octanol–water partition coefficient (Wildman–Crippen LogP) is 2.85. The van der Waals surface area contributed by atoms with Gasteiger partial charge in [0.25, 0.3) is 0 Å². The number of nitrogens with one attached hydrogen (secondary N) is 1. The largest absolute Gasteiger partial charge is 0.481 e. The number of hydrogen-bond acceptors (Lipinski definition) is 2. The van der Waals surface area contributed by atoms with Crippen LogP contribution in [0.5, 0.6) is 0 Å². The van der Waals surface area contributed by atoms with Crippen LogP contribution in [0.15, 0.2) is 0 Å². The molecule has 2 aliphatic carbocycles. The van der Waals surface area contributed by atoms with E-state index < -0.39 is 11.9 Å². The van der Waals surface area contributed by atoms with Crippen LogP contribution < -0.4 is 5.32 Å². The summed E-state index contributed by atoms with van der Waals surface area (Å²) in [5.41, 5.74) is 0. The van der Waals surface area contributed by atoms with Gasteiger partial charge in [-0.2, -0.15) is 0 Å². The van der Waals surface area contributed by atoms with Crippen LogP contribution in [0.3, 0.4) is 0 Å². The number of carbonyl (C=O) groups excluding carboxylic acids is 1. The molecule has 0 spiro atoms. The standard InChI is InChI=1S/C16H28N2O3/c1-11-7-9-12(10-8-11)18(2)16(21)17-14-6-4-3-5-13(14)15(19)20/h11-14H,3-10H2,1-2H3,(H,17,21)(H,19,20). The second-order valence-electron chi connectivity index (χ2n) is 6.81. The highest BCUT2D eigenvalue weighted by atomic mass is 16.4. The quantitative estimate of drug-likeness (QED) is 0.841. The number of urea groups is 1. The van der Waals surface area contributed by atoms with E-state index in [1.807, 2.05) is 7.05 Å². The maximum atomic E-state index is 12.4. The number of carbonyl (C=O) groups is 2. The molecule has 5 nitrogen and oxygen atoms in total. The third-order valence-corrected chi connectivity index (χ3v) is 5.25. The SMILES string of the molecule is CC1CCC(N(C)C(=O)NC2CCCCC2C(=O)O)CC1. The van der Waals surface area contributed by atoms with E-state index in [4.69, 9.17) is 0 Å². The average molecular weight is 296 g/mol. The molecular weight excluding hydrogens is 268 g/mol. The molecule has 0 aromatic rings. The van der Waals surface area contributed by atoms with Crippen LogP contribution in [0.25, 0.3) is 0 Å². The molecular formula is C16H28N2O3. The molecule has 120 valence electrons. The number of nitrogens with zero attached hydrogens (tertiary/aromatic N) is 1. The van der Waals surface area contributed by atoms with Crippen LogP contribution in [-0.2, 0) is 4.79 Å². The number of aliphatic carboxylic acids is 1. The van der Waals surface area contributed by atoms with Crippen LogP contribution in [0, 0.1) is 11.8 Å². The lowest BCUT2D eigenvalue weighted by Crippen LogP contribution is -2.52. The van der Waals surface area contributed by atoms with Gasteiger partial charge in [0, 0.05) is 19.1 Å². The zero-order valence-electron chi connectivity index (χ0n) is 13.2. The van der Waals surface area contributed by atoms with E-state index in [1.54, 1.807) is 4.90 Å². The fraction of sp³-hybridized carbons (Fsp3) is 0.875. The Kier molecular flexibility index (Phi) is 5.48. The van der Waals surface area contributed by atoms with Crippen molar-refractivity contribution in [3.63, 3.8) is 0 Å². The average Bonchev–Trinajstić information content (AvgIpc) is 2.47. The summed E-state index contributed by atoms with van der Waals surface area (Å²) in [4.78, 5) is 25.5. The van der Waals surface area contributed by atoms with E-state index in [2.05, 4.69) is 12.2 Å². The molecule has 2 amide bonds. The minimum Gasteiger partial charge on any atom is -0.481 e. The molecule has 0 radical (unpaired) electrons. The maximum absolute atomic E-state index is 12.4. The van der Waals surface area contributed by atoms with Gasteiger partial charge in [0.05, 0.1) is 5.92 Å². The topological polar surface area (TPSA) is 69.6 Å². The molecule has 0 bridgehead atoms. The molecule has 2 fully saturated rings. The second kappa shape index (κ2) is 7.14. The van der Waals surface area contributed by atoms with Gasteiger partial charge in [-0.1, -0.05) is 19.8 Å². The second-order valence-corrected chi connectivity index (χ2v) is 6.81. The molecule has 2 aliphatic rings. The molecule has 0 saturated heterocycles. The third-order valence-electron chi connectivity index (χ3n) is 5.25. The zero-order chi connectivity index (χ0) is 15.4. The van der Waals surface area contributed by atoms with Gasteiger partial charge in [-0.05, 0) is 44.4 Å². The number of hydrogen-bond donors (Lipinski definition) is 2. The van der Waals surface area contributed by atoms with Gasteiger partial charge < -0.3 is 15.3 Å². The van der Waals surface area contributed by atoms with Crippen molar-refractivity contribution < 1.29 is 14.7 Å². The first-order chi connectivity index (χ1) is 9.99. The van der Waals surface area contributed by atoms with Gasteiger partial charge in [-0.3, -0.25) is 4.79 Å². The molecule has 0 aliphatic heterocycles. The number of carboxylic acids is 1. The van der Waals surface area contributed by atoms with Gasteiger partial charge in [0.15, 0.2) is 0 Å². The molecule has 2 unspecified atom stereocenters. The highest BCUT2D eigenvalue weighted by Crippen LogP contribution is 2.28. The van der Waals surface area contributed by atoms with Crippen LogP contribution in [-0.4, -0.2) is 41.1 Å². The maximum Gasteiger partial charge on any atom is 0.317 e. The van der Waals surface area contributed by atoms with Crippen molar-refractivity contribution in [1.29, 1.82) is 0 Å². The van der Waals surface area contributed by atoms with E-state index >= 15 is 0 Å². The Morgan fingerprint density at radius 3 is 2.29 bits per heavy atom. The van der Waals surface area contributed by atoms with Gasteiger partial charge in [-0.25, -0.2) is 4.79 Å². The number of amides is 2. The van der Waals surface area contributed by atoms with Crippen molar-refractivity contribution >= 4 is 12.0 Å². The molecule has 0 heterocycles. The first kappa shape index (κ1) is 16.1. The van der Waals surface area contributed by atoms with Gasteiger partial charge >= 0.3 is 12.0 Å². The lowest BCUT2D eigenvalue weighted by molar-refractivity contribution is -0.143. The van der Waals surface area contributed by atoms with Crippen LogP contribution in [0.1, 0.15) is 58.3 Å². The highest BCUT2D eigenvalue weighted by Gasteiger charge is 2.33. The highest BCUT2D eigenvalue weighted by molar-refractivity contribution is 5.77. The fourth-order valence-corrected chi connectivity index (χ4v) is 3.66. The van der Waals surface area contributed by atoms with Crippen molar-refractivity contribution in [3.8, 4) is 0 Å². The van der Waals surface area contributed by atoms with E-state index in [0.29, 0.717) is 12.5 Å². The van der Waals surface area contributed by atoms with Crippen LogP contribution in [0.4, 0.5) is 4.79 Å². The fourth-order valence-electron chi connectivity index (χ4n) is 3.66. The van der Waals surface area contributed by atoms with Gasteiger partial charge in [0.2, 0.25) is 0 Å². The molecule has 0 aromatic heterocycles. The van der Waals surface area contributed by atoms with Gasteiger partial charge in [0.1, 0.15) is 0 Å². The lowest BCUT2D eigenvalue weighted by Gasteiger charge is -2.36. The van der Waals surface area contributed by atoms with Gasteiger partial charge in [-0.15, -0.1) is 0 Å². The summed E-state index contributed by atoms with van der Waals surface area (Å²) in [7, 11) is 1.84. The monoisotopic (exact) mass is 296 g/mol. The molecule has 2 atom stereocenters. The van der Waals surface area contributed by atoms with Crippen molar-refractivity contribution in [2.24, 2.45) is 11.8 Å².